The first kappa shape index (κ1) is 15.5. The van der Waals surface area contributed by atoms with Crippen LogP contribution in [0.2, 0.25) is 0 Å². The Morgan fingerprint density at radius 2 is 2.19 bits per heavy atom. The van der Waals surface area contributed by atoms with Gasteiger partial charge in [0, 0.05) is 18.1 Å². The standard InChI is InChI=1S/C14H17N3O2S2/c1-18-11-5-3-4-10(12(11)19-2)6-7-15-13(20)17-14-16-8-9-21-14/h3-5,8-9H,6-7H2,1-2H3,(H2,15,16,17,20). The van der Waals surface area contributed by atoms with Crippen molar-refractivity contribution in [1.82, 2.24) is 10.3 Å². The van der Waals surface area contributed by atoms with Gasteiger partial charge in [-0.1, -0.05) is 12.1 Å². The molecule has 112 valence electrons. The summed E-state index contributed by atoms with van der Waals surface area (Å²) in [6, 6.07) is 5.84. The molecule has 0 spiro atoms. The molecule has 0 amide bonds. The molecule has 1 aromatic heterocycles. The fourth-order valence-corrected chi connectivity index (χ4v) is 2.68. The second kappa shape index (κ2) is 7.80. The van der Waals surface area contributed by atoms with Crippen LogP contribution in [0.1, 0.15) is 5.56 Å². The normalized spacial score (nSPS) is 10.0. The molecule has 0 bridgehead atoms. The van der Waals surface area contributed by atoms with Gasteiger partial charge in [0.15, 0.2) is 21.7 Å². The summed E-state index contributed by atoms with van der Waals surface area (Å²) in [5.41, 5.74) is 1.07. The summed E-state index contributed by atoms with van der Waals surface area (Å²) in [5, 5.41) is 9.42. The van der Waals surface area contributed by atoms with Gasteiger partial charge >= 0.3 is 0 Å². The lowest BCUT2D eigenvalue weighted by atomic mass is 10.1. The number of methoxy groups -OCH3 is 2. The molecule has 0 atom stereocenters. The smallest absolute Gasteiger partial charge is 0.188 e. The van der Waals surface area contributed by atoms with Gasteiger partial charge in [-0.2, -0.15) is 0 Å². The Labute approximate surface area is 133 Å². The maximum Gasteiger partial charge on any atom is 0.188 e. The molecule has 0 saturated carbocycles. The molecule has 0 aliphatic carbocycles. The number of aromatic nitrogens is 1. The molecule has 2 rings (SSSR count). The van der Waals surface area contributed by atoms with Crippen molar-refractivity contribution < 1.29 is 9.47 Å². The second-order valence-corrected chi connectivity index (χ2v) is 5.42. The summed E-state index contributed by atoms with van der Waals surface area (Å²) in [6.07, 6.45) is 2.51. The minimum atomic E-state index is 0.562. The van der Waals surface area contributed by atoms with E-state index in [2.05, 4.69) is 15.6 Å². The van der Waals surface area contributed by atoms with Crippen LogP contribution < -0.4 is 20.1 Å². The Morgan fingerprint density at radius 3 is 2.86 bits per heavy atom. The number of para-hydroxylation sites is 1. The Morgan fingerprint density at radius 1 is 1.33 bits per heavy atom. The maximum atomic E-state index is 5.40. The molecule has 21 heavy (non-hydrogen) atoms. The number of ether oxygens (including phenoxy) is 2. The van der Waals surface area contributed by atoms with Crippen LogP contribution in [0.5, 0.6) is 11.5 Å². The zero-order valence-corrected chi connectivity index (χ0v) is 13.5. The van der Waals surface area contributed by atoms with E-state index >= 15 is 0 Å². The lowest BCUT2D eigenvalue weighted by molar-refractivity contribution is 0.351. The van der Waals surface area contributed by atoms with E-state index in [1.807, 2.05) is 23.6 Å². The minimum absolute atomic E-state index is 0.562. The first-order valence-corrected chi connectivity index (χ1v) is 7.67. The van der Waals surface area contributed by atoms with Crippen molar-refractivity contribution in [2.75, 3.05) is 26.1 Å². The van der Waals surface area contributed by atoms with Crippen LogP contribution in [0, 0.1) is 0 Å². The summed E-state index contributed by atoms with van der Waals surface area (Å²) >= 11 is 6.72. The number of nitrogens with zero attached hydrogens (tertiary/aromatic N) is 1. The van der Waals surface area contributed by atoms with Crippen LogP contribution in [0.15, 0.2) is 29.8 Å². The monoisotopic (exact) mass is 323 g/mol. The van der Waals surface area contributed by atoms with Gasteiger partial charge in [-0.15, -0.1) is 11.3 Å². The highest BCUT2D eigenvalue weighted by atomic mass is 32.1. The molecular formula is C14H17N3O2S2. The molecule has 2 N–H and O–H groups in total. The van der Waals surface area contributed by atoms with E-state index in [4.69, 9.17) is 21.7 Å². The summed E-state index contributed by atoms with van der Waals surface area (Å²) in [6.45, 7) is 0.695. The lowest BCUT2D eigenvalue weighted by Gasteiger charge is -2.13. The third kappa shape index (κ3) is 4.30. The molecule has 2 aromatic rings. The molecule has 0 fully saturated rings. The quantitative estimate of drug-likeness (QED) is 0.797. The number of nitrogens with one attached hydrogen (secondary N) is 2. The topological polar surface area (TPSA) is 55.4 Å². The maximum absolute atomic E-state index is 5.40. The van der Waals surface area contributed by atoms with Gasteiger partial charge in [0.05, 0.1) is 14.2 Å². The van der Waals surface area contributed by atoms with Gasteiger partial charge in [-0.05, 0) is 30.3 Å². The van der Waals surface area contributed by atoms with Gasteiger partial charge in [-0.3, -0.25) is 0 Å². The zero-order chi connectivity index (χ0) is 15.1. The summed E-state index contributed by atoms with van der Waals surface area (Å²) in [5.74, 6) is 1.50. The number of thiocarbonyl (C=S) groups is 1. The van der Waals surface area contributed by atoms with Gasteiger partial charge in [0.25, 0.3) is 0 Å². The van der Waals surface area contributed by atoms with E-state index in [0.717, 1.165) is 28.6 Å². The zero-order valence-electron chi connectivity index (χ0n) is 11.9. The number of anilines is 1. The molecule has 0 aliphatic rings. The van der Waals surface area contributed by atoms with Crippen LogP contribution in [0.4, 0.5) is 5.13 Å². The highest BCUT2D eigenvalue weighted by Crippen LogP contribution is 2.30. The molecule has 0 aliphatic heterocycles. The van der Waals surface area contributed by atoms with Gasteiger partial charge < -0.3 is 20.1 Å². The van der Waals surface area contributed by atoms with Crippen LogP contribution >= 0.6 is 23.6 Å². The summed E-state index contributed by atoms with van der Waals surface area (Å²) in [7, 11) is 3.27. The van der Waals surface area contributed by atoms with Gasteiger partial charge in [0.2, 0.25) is 0 Å². The summed E-state index contributed by atoms with van der Waals surface area (Å²) < 4.78 is 10.7. The number of thiazole rings is 1. The summed E-state index contributed by atoms with van der Waals surface area (Å²) in [4.78, 5) is 4.12. The number of benzene rings is 1. The third-order valence-electron chi connectivity index (χ3n) is 2.82. The predicted molar refractivity (Wildman–Crippen MR) is 89.6 cm³/mol. The van der Waals surface area contributed by atoms with Crippen LogP contribution in [0.25, 0.3) is 0 Å². The van der Waals surface area contributed by atoms with E-state index in [1.54, 1.807) is 20.4 Å². The van der Waals surface area contributed by atoms with Crippen molar-refractivity contribution in [1.29, 1.82) is 0 Å². The Balaban J connectivity index is 1.87. The van der Waals surface area contributed by atoms with Crippen molar-refractivity contribution >= 4 is 33.8 Å². The van der Waals surface area contributed by atoms with E-state index < -0.39 is 0 Å². The van der Waals surface area contributed by atoms with E-state index in [9.17, 15) is 0 Å². The Kier molecular flexibility index (Phi) is 5.77. The van der Waals surface area contributed by atoms with Crippen LogP contribution in [-0.2, 0) is 6.42 Å². The van der Waals surface area contributed by atoms with Gasteiger partial charge in [-0.25, -0.2) is 4.98 Å². The van der Waals surface area contributed by atoms with Crippen molar-refractivity contribution in [3.05, 3.63) is 35.3 Å². The number of hydrogen-bond donors (Lipinski definition) is 2. The molecule has 1 aromatic carbocycles. The fraction of sp³-hybridized carbons (Fsp3) is 0.286. The van der Waals surface area contributed by atoms with Crippen molar-refractivity contribution in [3.8, 4) is 11.5 Å². The Bertz CT molecular complexity index is 588. The number of rotatable bonds is 6. The molecule has 1 heterocycles. The van der Waals surface area contributed by atoms with Gasteiger partial charge in [0.1, 0.15) is 0 Å². The molecule has 7 heteroatoms. The minimum Gasteiger partial charge on any atom is -0.493 e. The Hall–Kier alpha value is -1.86. The molecule has 0 unspecified atom stereocenters. The third-order valence-corrected chi connectivity index (χ3v) is 3.75. The van der Waals surface area contributed by atoms with E-state index in [1.165, 1.54) is 11.3 Å². The second-order valence-electron chi connectivity index (χ2n) is 4.12. The van der Waals surface area contributed by atoms with Crippen LogP contribution in [0.3, 0.4) is 0 Å². The number of hydrogen-bond acceptors (Lipinski definition) is 5. The molecular weight excluding hydrogens is 306 g/mol. The van der Waals surface area contributed by atoms with E-state index in [0.29, 0.717) is 11.7 Å². The lowest BCUT2D eigenvalue weighted by Crippen LogP contribution is -2.30. The fourth-order valence-electron chi connectivity index (χ4n) is 1.89. The highest BCUT2D eigenvalue weighted by molar-refractivity contribution is 7.80. The first-order chi connectivity index (χ1) is 10.2. The average molecular weight is 323 g/mol. The van der Waals surface area contributed by atoms with Crippen molar-refractivity contribution in [2.45, 2.75) is 6.42 Å². The SMILES string of the molecule is COc1cccc(CCNC(=S)Nc2nccs2)c1OC. The average Bonchev–Trinajstić information content (AvgIpc) is 2.99. The highest BCUT2D eigenvalue weighted by Gasteiger charge is 2.09. The first-order valence-electron chi connectivity index (χ1n) is 6.38. The van der Waals surface area contributed by atoms with Crippen molar-refractivity contribution in [2.24, 2.45) is 0 Å². The predicted octanol–water partition coefficient (Wildman–Crippen LogP) is 2.69. The van der Waals surface area contributed by atoms with Crippen molar-refractivity contribution in [3.63, 3.8) is 0 Å². The molecule has 0 saturated heterocycles. The van der Waals surface area contributed by atoms with E-state index in [-0.39, 0.29) is 0 Å². The largest absolute Gasteiger partial charge is 0.493 e. The van der Waals surface area contributed by atoms with Crippen LogP contribution in [-0.4, -0.2) is 30.9 Å². The molecule has 0 radical (unpaired) electrons. The molecule has 5 nitrogen and oxygen atoms in total.